The van der Waals surface area contributed by atoms with Crippen LogP contribution < -0.4 is 5.32 Å². The van der Waals surface area contributed by atoms with Crippen LogP contribution in [0, 0.1) is 25.7 Å². The first-order chi connectivity index (χ1) is 19.5. The lowest BCUT2D eigenvalue weighted by Crippen LogP contribution is -2.34. The average molecular weight is 569 g/mol. The summed E-state index contributed by atoms with van der Waals surface area (Å²) in [4.78, 5) is 55.2. The minimum atomic E-state index is -0.888. The molecule has 3 N–H and O–H groups in total. The van der Waals surface area contributed by atoms with Crippen molar-refractivity contribution in [2.45, 2.75) is 65.7 Å². The van der Waals surface area contributed by atoms with E-state index in [2.05, 4.69) is 25.2 Å². The molecule has 2 heterocycles. The number of aryl methyl sites for hydroxylation is 2. The molecule has 12 nitrogen and oxygen atoms in total. The van der Waals surface area contributed by atoms with Gasteiger partial charge in [-0.25, -0.2) is 9.97 Å². The molecule has 220 valence electrons. The zero-order valence-electron chi connectivity index (χ0n) is 23.7. The number of benzene rings is 1. The molecule has 0 aliphatic heterocycles. The van der Waals surface area contributed by atoms with E-state index in [-0.39, 0.29) is 30.5 Å². The second-order valence-corrected chi connectivity index (χ2v) is 9.55. The van der Waals surface area contributed by atoms with E-state index in [0.717, 1.165) is 12.8 Å². The third kappa shape index (κ3) is 9.82. The van der Waals surface area contributed by atoms with Crippen molar-refractivity contribution in [2.24, 2.45) is 11.8 Å². The van der Waals surface area contributed by atoms with E-state index in [1.54, 1.807) is 51.1 Å². The summed E-state index contributed by atoms with van der Waals surface area (Å²) in [5.74, 6) is -4.11. The van der Waals surface area contributed by atoms with Crippen LogP contribution in [0.5, 0.6) is 5.75 Å². The quantitative estimate of drug-likeness (QED) is 0.159. The third-order valence-electron chi connectivity index (χ3n) is 6.63. The highest BCUT2D eigenvalue weighted by Gasteiger charge is 2.38. The van der Waals surface area contributed by atoms with E-state index < -0.39 is 35.6 Å². The molecule has 1 aromatic carbocycles. The van der Waals surface area contributed by atoms with Crippen molar-refractivity contribution in [3.05, 3.63) is 65.3 Å². The first-order valence-electron chi connectivity index (χ1n) is 13.2. The monoisotopic (exact) mass is 568 g/mol. The minimum absolute atomic E-state index is 0.0366. The molecule has 41 heavy (non-hydrogen) atoms. The molecule has 3 atom stereocenters. The van der Waals surface area contributed by atoms with Crippen molar-refractivity contribution in [2.75, 3.05) is 5.32 Å². The Morgan fingerprint density at radius 2 is 1.73 bits per heavy atom. The predicted molar refractivity (Wildman–Crippen MR) is 148 cm³/mol. The number of hydrogen-bond donors (Lipinski definition) is 3. The maximum Gasteiger partial charge on any atom is 0.313 e. The number of amides is 1. The van der Waals surface area contributed by atoms with Gasteiger partial charge in [0.25, 0.3) is 0 Å². The highest BCUT2D eigenvalue weighted by molar-refractivity contribution is 5.93. The molecule has 3 unspecified atom stereocenters. The van der Waals surface area contributed by atoms with Crippen molar-refractivity contribution in [1.82, 2.24) is 15.1 Å². The molecule has 0 saturated carbocycles. The summed E-state index contributed by atoms with van der Waals surface area (Å²) in [6.07, 6.45) is 2.51. The second kappa shape index (κ2) is 15.8. The van der Waals surface area contributed by atoms with E-state index in [9.17, 15) is 24.3 Å². The minimum Gasteiger partial charge on any atom is -0.508 e. The topological polar surface area (TPSA) is 182 Å². The van der Waals surface area contributed by atoms with Crippen molar-refractivity contribution in [1.29, 1.82) is 0 Å². The molecular formula is C29H36N4O8. The van der Waals surface area contributed by atoms with Gasteiger partial charge in [0.2, 0.25) is 11.9 Å². The fraction of sp³-hybridized carbons (Fsp3) is 0.414. The maximum atomic E-state index is 13.6. The summed E-state index contributed by atoms with van der Waals surface area (Å²) in [5, 5.41) is 25.0. The summed E-state index contributed by atoms with van der Waals surface area (Å²) >= 11 is 0. The zero-order valence-corrected chi connectivity index (χ0v) is 23.7. The van der Waals surface area contributed by atoms with Gasteiger partial charge in [0.1, 0.15) is 12.0 Å². The molecule has 12 heteroatoms. The van der Waals surface area contributed by atoms with Crippen LogP contribution in [0.4, 0.5) is 5.95 Å². The fourth-order valence-corrected chi connectivity index (χ4v) is 4.50. The lowest BCUT2D eigenvalue weighted by molar-refractivity contribution is -0.152. The smallest absolute Gasteiger partial charge is 0.313 e. The number of carbonyl (C=O) groups is 4. The summed E-state index contributed by atoms with van der Waals surface area (Å²) in [6, 6.07) is 9.81. The number of ether oxygens (including phenoxy) is 1. The predicted octanol–water partition coefficient (Wildman–Crippen LogP) is 4.53. The molecule has 1 amide bonds. The van der Waals surface area contributed by atoms with Gasteiger partial charge in [0.15, 0.2) is 0 Å². The average Bonchev–Trinajstić information content (AvgIpc) is 3.43. The summed E-state index contributed by atoms with van der Waals surface area (Å²) in [6.45, 7) is 9.18. The van der Waals surface area contributed by atoms with Gasteiger partial charge >= 0.3 is 18.4 Å². The normalized spacial score (nSPS) is 12.8. The Morgan fingerprint density at radius 3 is 2.22 bits per heavy atom. The first kappa shape index (κ1) is 32.6. The van der Waals surface area contributed by atoms with Crippen molar-refractivity contribution in [3.8, 4) is 5.75 Å². The lowest BCUT2D eigenvalue weighted by Gasteiger charge is -2.29. The molecule has 0 aliphatic carbocycles. The Hall–Kier alpha value is -4.61. The van der Waals surface area contributed by atoms with Gasteiger partial charge in [0.05, 0.1) is 24.0 Å². The molecule has 0 spiro atoms. The van der Waals surface area contributed by atoms with Gasteiger partial charge in [-0.05, 0) is 56.4 Å². The standard InChI is InChI=1S/C23H24N4O6.C6H12O2/c1-13-9-14(2)25-23(24-13)26-22(31)21(15(3)16-5-4-6-17(29)10-16)18(11-20(30)32-12-28)19-7-8-33-27-19;1-3-5(4-2)6(7)8/h4-10,12,15,18,21,29H,11H2,1-3H3,(H,24,25,26,31);5H,3-4H2,1-2H3,(H,7,8). The molecule has 0 radical (unpaired) electrons. The Labute approximate surface area is 238 Å². The van der Waals surface area contributed by atoms with Gasteiger partial charge in [-0.15, -0.1) is 0 Å². The van der Waals surface area contributed by atoms with Crippen LogP contribution >= 0.6 is 0 Å². The molecule has 0 saturated heterocycles. The number of aliphatic carboxylic acids is 1. The molecule has 3 aromatic rings. The number of aromatic nitrogens is 3. The van der Waals surface area contributed by atoms with Crippen LogP contribution in [0.1, 0.15) is 74.5 Å². The molecule has 3 rings (SSSR count). The molecular weight excluding hydrogens is 532 g/mol. The second-order valence-electron chi connectivity index (χ2n) is 9.55. The van der Waals surface area contributed by atoms with Gasteiger partial charge in [-0.2, -0.15) is 0 Å². The van der Waals surface area contributed by atoms with Crippen LogP contribution in [0.3, 0.4) is 0 Å². The Kier molecular flexibility index (Phi) is 12.6. The summed E-state index contributed by atoms with van der Waals surface area (Å²) < 4.78 is 9.43. The number of phenols is 1. The van der Waals surface area contributed by atoms with Crippen LogP contribution in [0.25, 0.3) is 0 Å². The number of aromatic hydroxyl groups is 1. The largest absolute Gasteiger partial charge is 0.508 e. The van der Waals surface area contributed by atoms with Crippen molar-refractivity contribution < 1.29 is 38.7 Å². The number of carboxylic acids is 1. The number of nitrogens with zero attached hydrogens (tertiary/aromatic N) is 3. The number of rotatable bonds is 12. The van der Waals surface area contributed by atoms with Gasteiger partial charge in [0, 0.05) is 23.4 Å². The summed E-state index contributed by atoms with van der Waals surface area (Å²) in [7, 11) is 0. The number of hydrogen-bond acceptors (Lipinski definition) is 10. The Morgan fingerprint density at radius 1 is 1.07 bits per heavy atom. The molecule has 0 bridgehead atoms. The zero-order chi connectivity index (χ0) is 30.5. The van der Waals surface area contributed by atoms with Crippen LogP contribution in [-0.4, -0.2) is 49.7 Å². The van der Waals surface area contributed by atoms with Crippen molar-refractivity contribution in [3.63, 3.8) is 0 Å². The van der Waals surface area contributed by atoms with Crippen LogP contribution in [0.15, 0.2) is 47.2 Å². The van der Waals surface area contributed by atoms with E-state index in [1.807, 2.05) is 13.8 Å². The first-order valence-corrected chi connectivity index (χ1v) is 13.2. The van der Waals surface area contributed by atoms with E-state index in [1.165, 1.54) is 12.3 Å². The molecule has 0 fully saturated rings. The number of carboxylic acid groups (broad SMARTS) is 1. The van der Waals surface area contributed by atoms with Gasteiger partial charge in [-0.1, -0.05) is 38.1 Å². The number of carbonyl (C=O) groups excluding carboxylic acids is 3. The lowest BCUT2D eigenvalue weighted by atomic mass is 9.75. The molecule has 0 aliphatic rings. The third-order valence-corrected chi connectivity index (χ3v) is 6.63. The number of anilines is 1. The number of phenolic OH excluding ortho intramolecular Hbond substituents is 1. The Bertz CT molecular complexity index is 1290. The fourth-order valence-electron chi connectivity index (χ4n) is 4.50. The van der Waals surface area contributed by atoms with E-state index in [0.29, 0.717) is 22.6 Å². The van der Waals surface area contributed by atoms with E-state index >= 15 is 0 Å². The number of esters is 1. The maximum absolute atomic E-state index is 13.6. The van der Waals surface area contributed by atoms with Crippen LogP contribution in [0.2, 0.25) is 0 Å². The van der Waals surface area contributed by atoms with Gasteiger partial charge in [-0.3, -0.25) is 24.5 Å². The highest BCUT2D eigenvalue weighted by Crippen LogP contribution is 2.39. The Balaban J connectivity index is 0.000000642. The van der Waals surface area contributed by atoms with Gasteiger partial charge < -0.3 is 19.5 Å². The van der Waals surface area contributed by atoms with Crippen molar-refractivity contribution >= 4 is 30.3 Å². The van der Waals surface area contributed by atoms with E-state index in [4.69, 9.17) is 9.63 Å². The van der Waals surface area contributed by atoms with Crippen LogP contribution in [-0.2, 0) is 23.9 Å². The SMILES string of the molecule is CCC(CC)C(=O)O.Cc1cc(C)nc(NC(=O)C(C(C)c2cccc(O)c2)C(CC(=O)OC=O)c2ccon2)n1. The summed E-state index contributed by atoms with van der Waals surface area (Å²) in [5.41, 5.74) is 2.36. The molecule has 2 aromatic heterocycles. The highest BCUT2D eigenvalue weighted by atomic mass is 16.6. The number of nitrogens with one attached hydrogen (secondary N) is 1.